The number of aromatic hydroxyl groups is 1. The Balaban J connectivity index is 1.77. The predicted octanol–water partition coefficient (Wildman–Crippen LogP) is 3.10. The first-order valence-electron chi connectivity index (χ1n) is 10.1. The fraction of sp³-hybridized carbons (Fsp3) is 0.429. The molecule has 2 N–H and O–H groups in total. The number of amides is 1. The van der Waals surface area contributed by atoms with Gasteiger partial charge in [0.15, 0.2) is 0 Å². The van der Waals surface area contributed by atoms with Crippen LogP contribution in [-0.4, -0.2) is 31.3 Å². The minimum atomic E-state index is -0.705. The van der Waals surface area contributed by atoms with E-state index in [-0.39, 0.29) is 35.5 Å². The third kappa shape index (κ3) is 3.67. The molecule has 2 aromatic rings. The van der Waals surface area contributed by atoms with Gasteiger partial charge in [0.2, 0.25) is 11.8 Å². The second-order valence-corrected chi connectivity index (χ2v) is 8.24. The molecule has 2 heterocycles. The lowest BCUT2D eigenvalue weighted by Gasteiger charge is -2.25. The van der Waals surface area contributed by atoms with Crippen molar-refractivity contribution in [2.45, 2.75) is 57.5 Å². The van der Waals surface area contributed by atoms with Crippen molar-refractivity contribution in [3.05, 3.63) is 61.3 Å². The van der Waals surface area contributed by atoms with Crippen LogP contribution in [-0.2, 0) is 4.79 Å². The molecule has 0 radical (unpaired) electrons. The van der Waals surface area contributed by atoms with Crippen molar-refractivity contribution in [1.82, 2.24) is 14.6 Å². The van der Waals surface area contributed by atoms with Crippen LogP contribution in [0.15, 0.2) is 39.0 Å². The topological polar surface area (TPSA) is 108 Å². The highest BCUT2D eigenvalue weighted by Crippen LogP contribution is 2.35. The average Bonchev–Trinajstić information content (AvgIpc) is 3.14. The highest BCUT2D eigenvalue weighted by molar-refractivity contribution is 6.30. The molecular weight excluding hydrogens is 408 g/mol. The molecule has 1 fully saturated rings. The predicted molar refractivity (Wildman–Crippen MR) is 113 cm³/mol. The van der Waals surface area contributed by atoms with Gasteiger partial charge in [-0.2, -0.15) is 5.10 Å². The number of hydrogen-bond donors (Lipinski definition) is 2. The Morgan fingerprint density at radius 2 is 1.83 bits per heavy atom. The summed E-state index contributed by atoms with van der Waals surface area (Å²) in [5.74, 6) is -0.670. The summed E-state index contributed by atoms with van der Waals surface area (Å²) in [6, 6.07) is 6.45. The molecule has 0 saturated heterocycles. The van der Waals surface area contributed by atoms with Crippen molar-refractivity contribution < 1.29 is 9.90 Å². The number of carbonyl (C=O) groups excluding carboxylic acids is 1. The Bertz CT molecular complexity index is 1110. The van der Waals surface area contributed by atoms with Crippen LogP contribution >= 0.6 is 11.6 Å². The molecule has 30 heavy (non-hydrogen) atoms. The Hall–Kier alpha value is -2.87. The van der Waals surface area contributed by atoms with Crippen LogP contribution in [0.1, 0.15) is 68.7 Å². The first kappa shape index (κ1) is 20.4. The van der Waals surface area contributed by atoms with Gasteiger partial charge in [0, 0.05) is 24.4 Å². The zero-order valence-electron chi connectivity index (χ0n) is 16.6. The van der Waals surface area contributed by atoms with Crippen molar-refractivity contribution in [3.63, 3.8) is 0 Å². The molecule has 1 aromatic heterocycles. The molecule has 0 spiro atoms. The number of halogens is 1. The van der Waals surface area contributed by atoms with Crippen molar-refractivity contribution in [2.24, 2.45) is 5.10 Å². The van der Waals surface area contributed by atoms with E-state index in [9.17, 15) is 19.5 Å². The molecule has 8 nitrogen and oxygen atoms in total. The van der Waals surface area contributed by atoms with Gasteiger partial charge in [0.25, 0.3) is 5.56 Å². The summed E-state index contributed by atoms with van der Waals surface area (Å²) in [4.78, 5) is 39.6. The summed E-state index contributed by atoms with van der Waals surface area (Å²) in [6.07, 6.45) is 4.77. The van der Waals surface area contributed by atoms with Gasteiger partial charge in [-0.05, 0) is 30.5 Å². The van der Waals surface area contributed by atoms with Crippen LogP contribution in [0.4, 0.5) is 0 Å². The maximum atomic E-state index is 12.6. The van der Waals surface area contributed by atoms with Crippen LogP contribution in [0, 0.1) is 0 Å². The molecule has 1 amide bonds. The lowest BCUT2D eigenvalue weighted by molar-refractivity contribution is -0.130. The number of H-pyrrole nitrogens is 1. The molecule has 1 aliphatic heterocycles. The summed E-state index contributed by atoms with van der Waals surface area (Å²) in [5.41, 5.74) is -0.297. The van der Waals surface area contributed by atoms with Crippen LogP contribution in [0.2, 0.25) is 5.02 Å². The molecule has 2 aliphatic rings. The average molecular weight is 431 g/mol. The number of nitrogens with zero attached hydrogens (tertiary/aromatic N) is 3. The fourth-order valence-corrected chi connectivity index (χ4v) is 4.50. The van der Waals surface area contributed by atoms with E-state index < -0.39 is 17.3 Å². The number of rotatable bonds is 3. The molecule has 4 rings (SSSR count). The molecule has 0 bridgehead atoms. The van der Waals surface area contributed by atoms with Gasteiger partial charge in [-0.1, -0.05) is 43.0 Å². The van der Waals surface area contributed by atoms with E-state index in [1.54, 1.807) is 24.3 Å². The molecule has 1 aliphatic carbocycles. The summed E-state index contributed by atoms with van der Waals surface area (Å²) in [7, 11) is 0. The van der Waals surface area contributed by atoms with Crippen LogP contribution < -0.4 is 11.2 Å². The molecular formula is C21H23ClN4O4. The van der Waals surface area contributed by atoms with E-state index in [0.717, 1.165) is 37.7 Å². The summed E-state index contributed by atoms with van der Waals surface area (Å²) >= 11 is 5.97. The van der Waals surface area contributed by atoms with Gasteiger partial charge >= 0.3 is 5.69 Å². The third-order valence-electron chi connectivity index (χ3n) is 5.83. The second-order valence-electron chi connectivity index (χ2n) is 7.80. The maximum absolute atomic E-state index is 12.6. The highest BCUT2D eigenvalue weighted by atomic mass is 35.5. The number of aromatic amines is 1. The van der Waals surface area contributed by atoms with Crippen molar-refractivity contribution in [3.8, 4) is 5.88 Å². The van der Waals surface area contributed by atoms with Gasteiger partial charge in [-0.3, -0.25) is 19.1 Å². The zero-order chi connectivity index (χ0) is 21.4. The highest BCUT2D eigenvalue weighted by Gasteiger charge is 2.35. The van der Waals surface area contributed by atoms with Crippen LogP contribution in [0.3, 0.4) is 0 Å². The van der Waals surface area contributed by atoms with Crippen molar-refractivity contribution in [2.75, 3.05) is 0 Å². The first-order chi connectivity index (χ1) is 14.4. The SMILES string of the molecule is CC(=O)N1N=C(c2c(O)n(C3CCCCC3)c(=O)[nH]c2=O)C[C@H]1c1ccc(Cl)cc1. The van der Waals surface area contributed by atoms with E-state index in [1.165, 1.54) is 16.5 Å². The molecule has 1 saturated carbocycles. The first-order valence-corrected chi connectivity index (χ1v) is 10.5. The molecule has 9 heteroatoms. The quantitative estimate of drug-likeness (QED) is 0.779. The second kappa shape index (κ2) is 8.10. The van der Waals surface area contributed by atoms with Crippen molar-refractivity contribution in [1.29, 1.82) is 0 Å². The summed E-state index contributed by atoms with van der Waals surface area (Å²) in [5, 5.41) is 17.1. The number of hydrazone groups is 1. The zero-order valence-corrected chi connectivity index (χ0v) is 17.4. The number of benzene rings is 1. The standard InChI is InChI=1S/C21H23ClN4O4/c1-12(27)26-17(13-7-9-14(22)10-8-13)11-16(24-26)18-19(28)23-21(30)25(20(18)29)15-5-3-2-4-6-15/h7-10,15,17,29H,2-6,11H2,1H3,(H,23,28,30)/t17-/m0/s1. The van der Waals surface area contributed by atoms with E-state index in [4.69, 9.17) is 11.6 Å². The van der Waals surface area contributed by atoms with E-state index >= 15 is 0 Å². The monoisotopic (exact) mass is 430 g/mol. The summed E-state index contributed by atoms with van der Waals surface area (Å²) < 4.78 is 1.27. The number of hydrogen-bond acceptors (Lipinski definition) is 5. The Morgan fingerprint density at radius 3 is 2.47 bits per heavy atom. The van der Waals surface area contributed by atoms with Gasteiger partial charge in [0.05, 0.1) is 11.8 Å². The smallest absolute Gasteiger partial charge is 0.331 e. The van der Waals surface area contributed by atoms with Gasteiger partial charge in [-0.15, -0.1) is 0 Å². The molecule has 1 atom stereocenters. The van der Waals surface area contributed by atoms with Gasteiger partial charge < -0.3 is 5.11 Å². The minimum Gasteiger partial charge on any atom is -0.494 e. The van der Waals surface area contributed by atoms with Crippen molar-refractivity contribution >= 4 is 23.2 Å². The molecule has 1 aromatic carbocycles. The normalized spacial score (nSPS) is 19.7. The Kier molecular flexibility index (Phi) is 5.51. The lowest BCUT2D eigenvalue weighted by atomic mass is 9.95. The molecule has 0 unspecified atom stereocenters. The Morgan fingerprint density at radius 1 is 1.17 bits per heavy atom. The van der Waals surface area contributed by atoms with Crippen LogP contribution in [0.5, 0.6) is 5.88 Å². The minimum absolute atomic E-state index is 0.0529. The van der Waals surface area contributed by atoms with Gasteiger partial charge in [0.1, 0.15) is 5.56 Å². The number of aromatic nitrogens is 2. The summed E-state index contributed by atoms with van der Waals surface area (Å²) in [6.45, 7) is 1.39. The van der Waals surface area contributed by atoms with E-state index in [2.05, 4.69) is 10.1 Å². The number of nitrogens with one attached hydrogen (secondary N) is 1. The molecule has 158 valence electrons. The van der Waals surface area contributed by atoms with E-state index in [1.807, 2.05) is 0 Å². The van der Waals surface area contributed by atoms with Gasteiger partial charge in [-0.25, -0.2) is 9.80 Å². The Labute approximate surface area is 177 Å². The van der Waals surface area contributed by atoms with E-state index in [0.29, 0.717) is 5.02 Å². The maximum Gasteiger partial charge on any atom is 0.331 e. The number of carbonyl (C=O) groups is 1. The third-order valence-corrected chi connectivity index (χ3v) is 6.09. The largest absolute Gasteiger partial charge is 0.494 e. The fourth-order valence-electron chi connectivity index (χ4n) is 4.37. The van der Waals surface area contributed by atoms with Crippen LogP contribution in [0.25, 0.3) is 0 Å². The lowest BCUT2D eigenvalue weighted by Crippen LogP contribution is -2.36.